The van der Waals surface area contributed by atoms with Crippen molar-refractivity contribution >= 4 is 22.7 Å². The summed E-state index contributed by atoms with van der Waals surface area (Å²) in [7, 11) is 0. The SMILES string of the molecule is [2H]c1c([2H])c(C2c3[nH]c4c([2H])c([2H])c([2H])c([2H])c4c3C([2H])([2H])[C@]3([2H])C(=O)N(C([2H])([2H])[2H])CC(=O)N23)c([2H])c2c1OC([2H])([2H])O2. The van der Waals surface area contributed by atoms with Crippen molar-refractivity contribution in [3.8, 4) is 11.5 Å². The second-order valence-electron chi connectivity index (χ2n) is 6.43. The van der Waals surface area contributed by atoms with Crippen LogP contribution < -0.4 is 9.47 Å². The van der Waals surface area contributed by atoms with Crippen molar-refractivity contribution in [1.82, 2.24) is 14.8 Å². The zero-order valence-electron chi connectivity index (χ0n) is 29.3. The molecule has 1 saturated heterocycles. The number of para-hydroxylation sites is 1. The Hall–Kier alpha value is -3.48. The highest BCUT2D eigenvalue weighted by molar-refractivity contribution is 5.97. The third-order valence-corrected chi connectivity index (χ3v) is 4.82. The molecule has 146 valence electrons. The highest BCUT2D eigenvalue weighted by Crippen LogP contribution is 2.44. The van der Waals surface area contributed by atoms with Crippen LogP contribution >= 0.6 is 0 Å². The smallest absolute Gasteiger partial charge is 0.245 e. The molecule has 2 amide bonds. The average molecular weight is 405 g/mol. The lowest BCUT2D eigenvalue weighted by Crippen LogP contribution is -2.62. The number of carbonyl (C=O) groups excluding carboxylic acids is 2. The quantitative estimate of drug-likeness (QED) is 0.675. The zero-order valence-corrected chi connectivity index (χ0v) is 14.3. The Labute approximate surface area is 187 Å². The van der Waals surface area contributed by atoms with Crippen molar-refractivity contribution in [2.24, 2.45) is 0 Å². The van der Waals surface area contributed by atoms with Crippen molar-refractivity contribution in [3.63, 3.8) is 0 Å². The van der Waals surface area contributed by atoms with Gasteiger partial charge in [0.1, 0.15) is 8.76 Å². The molecule has 1 fully saturated rings. The molecule has 1 N–H and O–H groups in total. The van der Waals surface area contributed by atoms with Gasteiger partial charge in [-0.15, -0.1) is 0 Å². The van der Waals surface area contributed by atoms with E-state index < -0.39 is 132 Å². The van der Waals surface area contributed by atoms with Gasteiger partial charge in [0.15, 0.2) is 11.5 Å². The van der Waals surface area contributed by atoms with Gasteiger partial charge in [-0.05, 0) is 29.3 Å². The van der Waals surface area contributed by atoms with E-state index in [1.807, 2.05) is 0 Å². The third-order valence-electron chi connectivity index (χ3n) is 4.82. The molecule has 1 unspecified atom stereocenters. The van der Waals surface area contributed by atoms with Gasteiger partial charge in [0.25, 0.3) is 0 Å². The van der Waals surface area contributed by atoms with E-state index in [4.69, 9.17) is 28.7 Å². The van der Waals surface area contributed by atoms with Crippen molar-refractivity contribution in [2.75, 3.05) is 20.3 Å². The highest BCUT2D eigenvalue weighted by Gasteiger charge is 2.47. The first-order chi connectivity index (χ1) is 20.1. The van der Waals surface area contributed by atoms with Gasteiger partial charge in [-0.3, -0.25) is 9.59 Å². The molecule has 0 spiro atoms. The lowest BCUT2D eigenvalue weighted by atomic mass is 9.86. The van der Waals surface area contributed by atoms with Gasteiger partial charge in [-0.1, -0.05) is 24.2 Å². The molecule has 29 heavy (non-hydrogen) atoms. The summed E-state index contributed by atoms with van der Waals surface area (Å²) in [6, 6.07) is -11.1. The lowest BCUT2D eigenvalue weighted by Gasteiger charge is -2.46. The number of likely N-dealkylation sites (N-methyl/N-ethyl adjacent to an activating group) is 1. The molecule has 3 aliphatic rings. The summed E-state index contributed by atoms with van der Waals surface area (Å²) in [6.07, 6.45) is -3.38. The predicted octanol–water partition coefficient (Wildman–Crippen LogP) is 2.21. The molecule has 7 heteroatoms. The zero-order chi connectivity index (χ0) is 32.8. The fourth-order valence-electron chi connectivity index (χ4n) is 3.58. The van der Waals surface area contributed by atoms with Crippen molar-refractivity contribution in [1.29, 1.82) is 0 Å². The fraction of sp³-hybridized carbons (Fsp3) is 0.273. The molecule has 0 saturated carbocycles. The van der Waals surface area contributed by atoms with Gasteiger partial charge >= 0.3 is 0 Å². The first-order valence-electron chi connectivity index (χ1n) is 15.9. The van der Waals surface area contributed by atoms with Gasteiger partial charge in [-0.2, -0.15) is 0 Å². The maximum atomic E-state index is 13.9. The molecule has 3 aliphatic heterocycles. The number of benzene rings is 2. The van der Waals surface area contributed by atoms with Crippen LogP contribution in [0.2, 0.25) is 0 Å². The first-order valence-corrected chi connectivity index (χ1v) is 8.37. The number of hydrogen-bond donors (Lipinski definition) is 1. The van der Waals surface area contributed by atoms with Gasteiger partial charge in [0.2, 0.25) is 18.6 Å². The van der Waals surface area contributed by atoms with E-state index in [1.54, 1.807) is 0 Å². The summed E-state index contributed by atoms with van der Waals surface area (Å²) in [5, 5.41) is -0.528. The third kappa shape index (κ3) is 2.24. The highest BCUT2D eigenvalue weighted by atomic mass is 16.7. The van der Waals surface area contributed by atoms with Crippen LogP contribution in [-0.4, -0.2) is 52.9 Å². The average Bonchev–Trinajstić information content (AvgIpc) is 3.48. The Morgan fingerprint density at radius 3 is 3.00 bits per heavy atom. The Morgan fingerprint density at radius 1 is 1.24 bits per heavy atom. The molecule has 7 nitrogen and oxygen atoms in total. The number of ether oxygens (including phenoxy) is 2. The predicted molar refractivity (Wildman–Crippen MR) is 105 cm³/mol. The lowest BCUT2D eigenvalue weighted by molar-refractivity contribution is -0.157. The molecule has 4 heterocycles. The summed E-state index contributed by atoms with van der Waals surface area (Å²) >= 11 is 0. The monoisotopic (exact) mass is 404 g/mol. The number of nitrogens with one attached hydrogen (secondary N) is 1. The minimum Gasteiger partial charge on any atom is -0.454 e. The number of aromatic amines is 1. The Morgan fingerprint density at radius 2 is 2.10 bits per heavy atom. The topological polar surface area (TPSA) is 74.9 Å². The molecule has 6 rings (SSSR count). The van der Waals surface area contributed by atoms with Crippen LogP contribution in [-0.2, 0) is 16.0 Å². The number of H-pyrrole nitrogens is 1. The Balaban J connectivity index is 1.79. The molecule has 0 bridgehead atoms. The largest absolute Gasteiger partial charge is 0.454 e. The van der Waals surface area contributed by atoms with Crippen LogP contribution in [0.25, 0.3) is 10.9 Å². The van der Waals surface area contributed by atoms with E-state index in [0.29, 0.717) is 4.90 Å². The maximum Gasteiger partial charge on any atom is 0.245 e. The van der Waals surface area contributed by atoms with Crippen molar-refractivity contribution in [2.45, 2.75) is 18.4 Å². The first kappa shape index (κ1) is 7.40. The number of rotatable bonds is 1. The summed E-state index contributed by atoms with van der Waals surface area (Å²) in [4.78, 5) is 30.7. The summed E-state index contributed by atoms with van der Waals surface area (Å²) in [6.45, 7) is -7.37. The van der Waals surface area contributed by atoms with Crippen LogP contribution in [0.5, 0.6) is 11.5 Å². The molecule has 2 aromatic carbocycles. The van der Waals surface area contributed by atoms with Crippen LogP contribution in [0, 0.1) is 0 Å². The minimum absolute atomic E-state index is 0.0240. The summed E-state index contributed by atoms with van der Waals surface area (Å²) in [5.74, 6) is -4.35. The van der Waals surface area contributed by atoms with Crippen LogP contribution in [0.15, 0.2) is 42.3 Å². The molecule has 1 aromatic heterocycles. The number of amides is 2. The van der Waals surface area contributed by atoms with Crippen LogP contribution in [0.3, 0.4) is 0 Å². The number of piperazine rings is 1. The normalized spacial score (nSPS) is 36.7. The Kier molecular flexibility index (Phi) is 1.47. The van der Waals surface area contributed by atoms with E-state index in [1.165, 1.54) is 0 Å². The second kappa shape index (κ2) is 5.76. The second-order valence-corrected chi connectivity index (χ2v) is 6.43. The van der Waals surface area contributed by atoms with E-state index >= 15 is 0 Å². The van der Waals surface area contributed by atoms with Crippen molar-refractivity contribution in [3.05, 3.63) is 59.1 Å². The number of aromatic nitrogens is 1. The van der Waals surface area contributed by atoms with Gasteiger partial charge in [-0.25, -0.2) is 0 Å². The number of fused-ring (bicyclic) bond motifs is 5. The van der Waals surface area contributed by atoms with Crippen LogP contribution in [0.1, 0.15) is 43.4 Å². The van der Waals surface area contributed by atoms with E-state index in [9.17, 15) is 11.0 Å². The fourth-order valence-corrected chi connectivity index (χ4v) is 3.58. The van der Waals surface area contributed by atoms with E-state index in [0.717, 1.165) is 0 Å². The molecular weight excluding hydrogens is 370 g/mol. The summed E-state index contributed by atoms with van der Waals surface area (Å²) in [5.41, 5.74) is -2.30. The molecular formula is C22H19N3O4. The van der Waals surface area contributed by atoms with E-state index in [2.05, 4.69) is 4.98 Å². The van der Waals surface area contributed by atoms with Gasteiger partial charge in [0.05, 0.1) is 23.6 Å². The Bertz CT molecular complexity index is 1860. The number of carbonyl (C=O) groups is 2. The van der Waals surface area contributed by atoms with E-state index in [-0.39, 0.29) is 4.90 Å². The number of hydrogen-bond acceptors (Lipinski definition) is 4. The summed E-state index contributed by atoms with van der Waals surface area (Å²) < 4.78 is 135. The molecule has 3 aromatic rings. The standard InChI is InChI=1S/C22H19N3O4/c1-24-10-19(26)25-16(22(24)27)9-14-13-4-2-3-5-15(13)23-20(14)21(25)12-6-7-17-18(8-12)29-11-28-17/h2-8,16,21,23H,9-11H2,1H3/t16-,21?/m1/s1/i1D3,2D,3D,4D,5D,6D,7D,8D,9D2,11D2,16D. The van der Waals surface area contributed by atoms with Gasteiger partial charge < -0.3 is 24.3 Å². The minimum atomic E-state index is -3.49. The molecule has 0 aliphatic carbocycles. The number of nitrogens with zero attached hydrogens (tertiary/aromatic N) is 2. The molecule has 2 atom stereocenters. The maximum absolute atomic E-state index is 13.9. The van der Waals surface area contributed by atoms with Crippen LogP contribution in [0.4, 0.5) is 0 Å². The van der Waals surface area contributed by atoms with Crippen molar-refractivity contribution < 1.29 is 39.6 Å². The van der Waals surface area contributed by atoms with Gasteiger partial charge in [0, 0.05) is 36.8 Å². The molecule has 0 radical (unpaired) electrons.